The normalized spacial score (nSPS) is 20.9. The second-order valence-electron chi connectivity index (χ2n) is 6.54. The molecule has 1 saturated carbocycles. The zero-order valence-corrected chi connectivity index (χ0v) is 13.7. The van der Waals surface area contributed by atoms with Crippen molar-refractivity contribution >= 4 is 0 Å². The van der Waals surface area contributed by atoms with Gasteiger partial charge in [-0.1, -0.05) is 19.8 Å². The summed E-state index contributed by atoms with van der Waals surface area (Å²) < 4.78 is 0. The van der Waals surface area contributed by atoms with Crippen LogP contribution in [0.4, 0.5) is 0 Å². The maximum absolute atomic E-state index is 8.85. The summed E-state index contributed by atoms with van der Waals surface area (Å²) in [5.41, 5.74) is 2.90. The Bertz CT molecular complexity index is 660. The summed E-state index contributed by atoms with van der Waals surface area (Å²) in [6, 6.07) is 9.56. The third kappa shape index (κ3) is 3.76. The molecule has 0 atom stereocenters. The van der Waals surface area contributed by atoms with E-state index in [0.29, 0.717) is 11.5 Å². The molecule has 1 aromatic carbocycles. The van der Waals surface area contributed by atoms with E-state index in [4.69, 9.17) is 5.26 Å². The average Bonchev–Trinajstić information content (AvgIpc) is 2.63. The van der Waals surface area contributed by atoms with E-state index in [1.165, 1.54) is 44.1 Å². The number of hydrogen-bond donors (Lipinski definition) is 0. The largest absolute Gasteiger partial charge is 0.236 e. The molecule has 3 heteroatoms. The van der Waals surface area contributed by atoms with Crippen LogP contribution in [0, 0.1) is 17.2 Å². The van der Waals surface area contributed by atoms with Gasteiger partial charge in [0.05, 0.1) is 11.6 Å². The van der Waals surface area contributed by atoms with E-state index in [1.807, 2.05) is 36.7 Å². The molecule has 1 aliphatic rings. The van der Waals surface area contributed by atoms with E-state index in [-0.39, 0.29) is 0 Å². The second kappa shape index (κ2) is 7.37. The Morgan fingerprint density at radius 1 is 1.04 bits per heavy atom. The molecule has 3 nitrogen and oxygen atoms in total. The van der Waals surface area contributed by atoms with Crippen molar-refractivity contribution in [3.05, 3.63) is 47.8 Å². The first-order valence-electron chi connectivity index (χ1n) is 8.62. The van der Waals surface area contributed by atoms with Crippen molar-refractivity contribution in [1.29, 1.82) is 5.26 Å². The molecule has 1 heterocycles. The lowest BCUT2D eigenvalue weighted by molar-refractivity contribution is 0.308. The third-order valence-electron chi connectivity index (χ3n) is 4.96. The van der Waals surface area contributed by atoms with Crippen LogP contribution in [0.5, 0.6) is 0 Å². The summed E-state index contributed by atoms with van der Waals surface area (Å²) in [4.78, 5) is 9.08. The quantitative estimate of drug-likeness (QED) is 0.790. The summed E-state index contributed by atoms with van der Waals surface area (Å²) >= 11 is 0. The standard InChI is InChI=1S/C20H23N3/c1-2-3-15-4-8-17(9-5-15)19-13-22-20(23-14-19)18-10-6-16(12-21)7-11-18/h6-7,10-11,13-15,17H,2-5,8-9H2,1H3. The summed E-state index contributed by atoms with van der Waals surface area (Å²) in [5, 5.41) is 8.85. The van der Waals surface area contributed by atoms with Crippen molar-refractivity contribution in [2.45, 2.75) is 51.4 Å². The molecule has 0 bridgehead atoms. The first-order chi connectivity index (χ1) is 11.3. The van der Waals surface area contributed by atoms with Gasteiger partial charge >= 0.3 is 0 Å². The number of hydrogen-bond acceptors (Lipinski definition) is 3. The zero-order chi connectivity index (χ0) is 16.1. The molecule has 23 heavy (non-hydrogen) atoms. The average molecular weight is 305 g/mol. The Kier molecular flexibility index (Phi) is 5.02. The lowest BCUT2D eigenvalue weighted by atomic mass is 9.78. The Labute approximate surface area is 138 Å². The lowest BCUT2D eigenvalue weighted by Crippen LogP contribution is -2.13. The predicted octanol–water partition coefficient (Wildman–Crippen LogP) is 5.09. The van der Waals surface area contributed by atoms with E-state index in [0.717, 1.165) is 17.3 Å². The molecule has 1 aliphatic carbocycles. The molecular formula is C20H23N3. The Morgan fingerprint density at radius 2 is 1.70 bits per heavy atom. The Morgan fingerprint density at radius 3 is 2.26 bits per heavy atom. The topological polar surface area (TPSA) is 49.6 Å². The minimum absolute atomic E-state index is 0.623. The molecule has 0 amide bonds. The molecule has 0 unspecified atom stereocenters. The molecule has 0 spiro atoms. The molecule has 118 valence electrons. The van der Waals surface area contributed by atoms with Crippen LogP contribution in [0.1, 0.15) is 62.5 Å². The maximum Gasteiger partial charge on any atom is 0.159 e. The van der Waals surface area contributed by atoms with Crippen molar-refractivity contribution in [1.82, 2.24) is 9.97 Å². The van der Waals surface area contributed by atoms with E-state index in [1.54, 1.807) is 0 Å². The first-order valence-corrected chi connectivity index (χ1v) is 8.62. The van der Waals surface area contributed by atoms with Crippen LogP contribution in [0.2, 0.25) is 0 Å². The van der Waals surface area contributed by atoms with Gasteiger partial charge in [0.2, 0.25) is 0 Å². The van der Waals surface area contributed by atoms with Crippen molar-refractivity contribution in [2.24, 2.45) is 5.92 Å². The smallest absolute Gasteiger partial charge is 0.159 e. The Hall–Kier alpha value is -2.21. The first kappa shape index (κ1) is 15.7. The molecule has 0 aliphatic heterocycles. The van der Waals surface area contributed by atoms with Crippen molar-refractivity contribution in [2.75, 3.05) is 0 Å². The van der Waals surface area contributed by atoms with E-state index in [2.05, 4.69) is 23.0 Å². The fourth-order valence-corrected chi connectivity index (χ4v) is 3.58. The van der Waals surface area contributed by atoms with Crippen LogP contribution in [-0.4, -0.2) is 9.97 Å². The van der Waals surface area contributed by atoms with Gasteiger partial charge in [0.1, 0.15) is 0 Å². The second-order valence-corrected chi connectivity index (χ2v) is 6.54. The maximum atomic E-state index is 8.85. The molecule has 2 aromatic rings. The highest BCUT2D eigenvalue weighted by atomic mass is 14.9. The predicted molar refractivity (Wildman–Crippen MR) is 91.8 cm³/mol. The van der Waals surface area contributed by atoms with Crippen molar-refractivity contribution < 1.29 is 0 Å². The Balaban J connectivity index is 1.66. The van der Waals surface area contributed by atoms with Gasteiger partial charge < -0.3 is 0 Å². The summed E-state index contributed by atoms with van der Waals surface area (Å²) in [6.45, 7) is 2.28. The summed E-state index contributed by atoms with van der Waals surface area (Å²) in [5.74, 6) is 2.28. The van der Waals surface area contributed by atoms with Crippen molar-refractivity contribution in [3.63, 3.8) is 0 Å². The minimum Gasteiger partial charge on any atom is -0.236 e. The number of nitrogens with zero attached hydrogens (tertiary/aromatic N) is 3. The van der Waals surface area contributed by atoms with Gasteiger partial charge in [-0.2, -0.15) is 5.26 Å². The molecule has 0 saturated heterocycles. The highest BCUT2D eigenvalue weighted by Crippen LogP contribution is 2.37. The lowest BCUT2D eigenvalue weighted by Gasteiger charge is -2.28. The van der Waals surface area contributed by atoms with Gasteiger partial charge in [-0.3, -0.25) is 0 Å². The highest BCUT2D eigenvalue weighted by molar-refractivity contribution is 5.56. The molecule has 1 fully saturated rings. The fraction of sp³-hybridized carbons (Fsp3) is 0.450. The van der Waals surface area contributed by atoms with E-state index >= 15 is 0 Å². The fourth-order valence-electron chi connectivity index (χ4n) is 3.58. The van der Waals surface area contributed by atoms with Gasteiger partial charge in [-0.15, -0.1) is 0 Å². The van der Waals surface area contributed by atoms with Gasteiger partial charge in [-0.25, -0.2) is 9.97 Å². The molecule has 0 radical (unpaired) electrons. The number of aromatic nitrogens is 2. The monoisotopic (exact) mass is 305 g/mol. The van der Waals surface area contributed by atoms with Crippen LogP contribution >= 0.6 is 0 Å². The van der Waals surface area contributed by atoms with Crippen LogP contribution in [0.15, 0.2) is 36.7 Å². The number of benzene rings is 1. The van der Waals surface area contributed by atoms with Gasteiger partial charge in [0.25, 0.3) is 0 Å². The highest BCUT2D eigenvalue weighted by Gasteiger charge is 2.22. The molecule has 1 aromatic heterocycles. The number of nitriles is 1. The van der Waals surface area contributed by atoms with Crippen molar-refractivity contribution in [3.8, 4) is 17.5 Å². The van der Waals surface area contributed by atoms with E-state index < -0.39 is 0 Å². The summed E-state index contributed by atoms with van der Waals surface area (Å²) in [7, 11) is 0. The van der Waals surface area contributed by atoms with E-state index in [9.17, 15) is 0 Å². The summed E-state index contributed by atoms with van der Waals surface area (Å²) in [6.07, 6.45) is 11.9. The molecular weight excluding hydrogens is 282 g/mol. The van der Waals surface area contributed by atoms with Gasteiger partial charge in [0.15, 0.2) is 5.82 Å². The number of rotatable bonds is 4. The SMILES string of the molecule is CCCC1CCC(c2cnc(-c3ccc(C#N)cc3)nc2)CC1. The van der Waals surface area contributed by atoms with Gasteiger partial charge in [-0.05, 0) is 67.3 Å². The molecule has 3 rings (SSSR count). The zero-order valence-electron chi connectivity index (χ0n) is 13.7. The third-order valence-corrected chi connectivity index (χ3v) is 4.96. The van der Waals surface area contributed by atoms with Crippen LogP contribution < -0.4 is 0 Å². The molecule has 0 N–H and O–H groups in total. The van der Waals surface area contributed by atoms with Crippen LogP contribution in [0.25, 0.3) is 11.4 Å². The van der Waals surface area contributed by atoms with Gasteiger partial charge in [0, 0.05) is 18.0 Å². The minimum atomic E-state index is 0.623. The van der Waals surface area contributed by atoms with Crippen LogP contribution in [0.3, 0.4) is 0 Å². The van der Waals surface area contributed by atoms with Crippen LogP contribution in [-0.2, 0) is 0 Å².